The molecule has 1 aromatic heterocycles. The van der Waals surface area contributed by atoms with Crippen molar-refractivity contribution >= 4 is 29.1 Å². The van der Waals surface area contributed by atoms with E-state index in [4.69, 9.17) is 17.3 Å². The summed E-state index contributed by atoms with van der Waals surface area (Å²) in [5.74, 6) is -1.79. The Morgan fingerprint density at radius 3 is 2.55 bits per heavy atom. The van der Waals surface area contributed by atoms with Gasteiger partial charge in [-0.2, -0.15) is 0 Å². The van der Waals surface area contributed by atoms with Gasteiger partial charge < -0.3 is 11.1 Å². The number of rotatable bonds is 5. The molecule has 1 atom stereocenters. The first-order valence-corrected chi connectivity index (χ1v) is 6.02. The van der Waals surface area contributed by atoms with E-state index in [1.807, 2.05) is 0 Å². The summed E-state index contributed by atoms with van der Waals surface area (Å²) >= 11 is 5.61. The Kier molecular flexibility index (Phi) is 4.98. The van der Waals surface area contributed by atoms with E-state index in [9.17, 15) is 19.7 Å². The summed E-state index contributed by atoms with van der Waals surface area (Å²) < 4.78 is 0. The minimum Gasteiger partial charge on any atom is -0.368 e. The number of nitro groups is 1. The Morgan fingerprint density at radius 2 is 2.10 bits per heavy atom. The van der Waals surface area contributed by atoms with Gasteiger partial charge in [-0.1, -0.05) is 25.4 Å². The summed E-state index contributed by atoms with van der Waals surface area (Å²) in [6.45, 7) is 3.37. The molecule has 1 aromatic rings. The number of pyridine rings is 1. The molecular formula is C11H13ClN4O4. The van der Waals surface area contributed by atoms with Crippen LogP contribution in [0.2, 0.25) is 5.15 Å². The Balaban J connectivity index is 3.13. The van der Waals surface area contributed by atoms with E-state index < -0.39 is 33.6 Å². The third kappa shape index (κ3) is 3.41. The third-order valence-corrected chi connectivity index (χ3v) is 2.84. The summed E-state index contributed by atoms with van der Waals surface area (Å²) in [6, 6.07) is 0.214. The molecule has 1 unspecified atom stereocenters. The number of nitrogens with two attached hydrogens (primary N) is 1. The number of hydrogen-bond acceptors (Lipinski definition) is 5. The lowest BCUT2D eigenvalue weighted by Crippen LogP contribution is -2.47. The standard InChI is InChI=1S/C11H13ClN4O4/c1-5(2)7(10(13)17)15-11(18)6-3-4-14-9(12)8(6)16(19)20/h3-5,7H,1-2H3,(H2,13,17)(H,15,18). The molecule has 3 N–H and O–H groups in total. The zero-order valence-electron chi connectivity index (χ0n) is 10.8. The van der Waals surface area contributed by atoms with Crippen LogP contribution < -0.4 is 11.1 Å². The normalized spacial score (nSPS) is 12.0. The molecule has 20 heavy (non-hydrogen) atoms. The largest absolute Gasteiger partial charge is 0.368 e. The summed E-state index contributed by atoms with van der Waals surface area (Å²) in [6.07, 6.45) is 1.17. The van der Waals surface area contributed by atoms with Crippen molar-refractivity contribution < 1.29 is 14.5 Å². The molecule has 0 saturated heterocycles. The number of nitrogens with zero attached hydrogens (tertiary/aromatic N) is 2. The summed E-state index contributed by atoms with van der Waals surface area (Å²) in [5, 5.41) is 12.9. The molecule has 0 bridgehead atoms. The molecule has 0 aliphatic rings. The molecule has 0 fully saturated rings. The quantitative estimate of drug-likeness (QED) is 0.474. The van der Waals surface area contributed by atoms with Crippen LogP contribution in [0.3, 0.4) is 0 Å². The average Bonchev–Trinajstić information content (AvgIpc) is 2.33. The number of carbonyl (C=O) groups is 2. The first-order valence-electron chi connectivity index (χ1n) is 5.64. The van der Waals surface area contributed by atoms with Gasteiger partial charge in [-0.05, 0) is 12.0 Å². The van der Waals surface area contributed by atoms with E-state index in [-0.39, 0.29) is 11.5 Å². The lowest BCUT2D eigenvalue weighted by Gasteiger charge is -2.18. The summed E-state index contributed by atoms with van der Waals surface area (Å²) in [5.41, 5.74) is 4.28. The first-order chi connectivity index (χ1) is 9.25. The second-order valence-corrected chi connectivity index (χ2v) is 4.71. The van der Waals surface area contributed by atoms with Gasteiger partial charge in [-0.25, -0.2) is 4.98 Å². The molecule has 108 valence electrons. The highest BCUT2D eigenvalue weighted by molar-refractivity contribution is 6.32. The van der Waals surface area contributed by atoms with Crippen LogP contribution in [0.5, 0.6) is 0 Å². The van der Waals surface area contributed by atoms with Gasteiger partial charge in [-0.15, -0.1) is 0 Å². The van der Waals surface area contributed by atoms with Crippen LogP contribution in [0.15, 0.2) is 12.3 Å². The zero-order chi connectivity index (χ0) is 15.4. The minimum atomic E-state index is -0.936. The lowest BCUT2D eigenvalue weighted by molar-refractivity contribution is -0.385. The molecular weight excluding hydrogens is 288 g/mol. The van der Waals surface area contributed by atoms with Gasteiger partial charge >= 0.3 is 5.69 Å². The minimum absolute atomic E-state index is 0.257. The molecule has 2 amide bonds. The molecule has 0 radical (unpaired) electrons. The number of hydrogen-bond donors (Lipinski definition) is 2. The monoisotopic (exact) mass is 300 g/mol. The summed E-state index contributed by atoms with van der Waals surface area (Å²) in [4.78, 5) is 36.9. The van der Waals surface area contributed by atoms with Crippen LogP contribution >= 0.6 is 11.6 Å². The second-order valence-electron chi connectivity index (χ2n) is 4.35. The van der Waals surface area contributed by atoms with Gasteiger partial charge in [0.05, 0.1) is 4.92 Å². The van der Waals surface area contributed by atoms with Crippen molar-refractivity contribution in [1.82, 2.24) is 10.3 Å². The number of primary amides is 1. The van der Waals surface area contributed by atoms with Crippen molar-refractivity contribution in [2.75, 3.05) is 0 Å². The maximum absolute atomic E-state index is 12.0. The fourth-order valence-electron chi connectivity index (χ4n) is 1.57. The van der Waals surface area contributed by atoms with Crippen molar-refractivity contribution in [1.29, 1.82) is 0 Å². The van der Waals surface area contributed by atoms with Crippen molar-refractivity contribution in [3.63, 3.8) is 0 Å². The van der Waals surface area contributed by atoms with E-state index in [0.717, 1.165) is 6.07 Å². The number of nitrogens with one attached hydrogen (secondary N) is 1. The van der Waals surface area contributed by atoms with Gasteiger partial charge in [0.2, 0.25) is 11.1 Å². The molecule has 0 aliphatic heterocycles. The molecule has 9 heteroatoms. The average molecular weight is 301 g/mol. The molecule has 0 saturated carbocycles. The number of aromatic nitrogens is 1. The van der Waals surface area contributed by atoms with Gasteiger partial charge in [0.1, 0.15) is 11.6 Å². The molecule has 1 heterocycles. The molecule has 0 aliphatic carbocycles. The predicted molar refractivity (Wildman–Crippen MR) is 71.2 cm³/mol. The fraction of sp³-hybridized carbons (Fsp3) is 0.364. The number of halogens is 1. The highest BCUT2D eigenvalue weighted by atomic mass is 35.5. The lowest BCUT2D eigenvalue weighted by atomic mass is 10.0. The fourth-order valence-corrected chi connectivity index (χ4v) is 1.80. The third-order valence-electron chi connectivity index (χ3n) is 2.57. The van der Waals surface area contributed by atoms with Gasteiger partial charge in [0, 0.05) is 6.20 Å². The highest BCUT2D eigenvalue weighted by Gasteiger charge is 2.28. The Hall–Kier alpha value is -2.22. The molecule has 0 aromatic carbocycles. The Labute approximate surface area is 119 Å². The van der Waals surface area contributed by atoms with Crippen LogP contribution in [-0.2, 0) is 4.79 Å². The van der Waals surface area contributed by atoms with Gasteiger partial charge in [0.25, 0.3) is 5.91 Å². The topological polar surface area (TPSA) is 128 Å². The zero-order valence-corrected chi connectivity index (χ0v) is 11.5. The molecule has 8 nitrogen and oxygen atoms in total. The smallest absolute Gasteiger partial charge is 0.319 e. The van der Waals surface area contributed by atoms with E-state index in [0.29, 0.717) is 0 Å². The maximum Gasteiger partial charge on any atom is 0.319 e. The SMILES string of the molecule is CC(C)C(NC(=O)c1ccnc(Cl)c1[N+](=O)[O-])C(N)=O. The molecule has 1 rings (SSSR count). The Morgan fingerprint density at radius 1 is 1.50 bits per heavy atom. The number of carbonyl (C=O) groups excluding carboxylic acids is 2. The van der Waals surface area contributed by atoms with Crippen molar-refractivity contribution in [2.24, 2.45) is 11.7 Å². The van der Waals surface area contributed by atoms with Crippen molar-refractivity contribution in [2.45, 2.75) is 19.9 Å². The second kappa shape index (κ2) is 6.29. The van der Waals surface area contributed by atoms with Crippen LogP contribution in [0.4, 0.5) is 5.69 Å². The number of amides is 2. The van der Waals surface area contributed by atoms with E-state index in [1.165, 1.54) is 6.20 Å². The van der Waals surface area contributed by atoms with E-state index >= 15 is 0 Å². The van der Waals surface area contributed by atoms with Crippen LogP contribution in [0.1, 0.15) is 24.2 Å². The first kappa shape index (κ1) is 15.8. The van der Waals surface area contributed by atoms with Crippen molar-refractivity contribution in [3.05, 3.63) is 33.1 Å². The van der Waals surface area contributed by atoms with Gasteiger partial charge in [-0.3, -0.25) is 19.7 Å². The van der Waals surface area contributed by atoms with E-state index in [2.05, 4.69) is 10.3 Å². The predicted octanol–water partition coefficient (Wildman–Crippen LogP) is 0.883. The van der Waals surface area contributed by atoms with E-state index in [1.54, 1.807) is 13.8 Å². The maximum atomic E-state index is 12.0. The van der Waals surface area contributed by atoms with Crippen molar-refractivity contribution in [3.8, 4) is 0 Å². The van der Waals surface area contributed by atoms with Crippen LogP contribution in [0, 0.1) is 16.0 Å². The van der Waals surface area contributed by atoms with Crippen LogP contribution in [-0.4, -0.2) is 27.8 Å². The molecule has 0 spiro atoms. The Bertz CT molecular complexity index is 561. The highest BCUT2D eigenvalue weighted by Crippen LogP contribution is 2.26. The summed E-state index contributed by atoms with van der Waals surface area (Å²) in [7, 11) is 0. The van der Waals surface area contributed by atoms with Crippen LogP contribution in [0.25, 0.3) is 0 Å². The van der Waals surface area contributed by atoms with Gasteiger partial charge in [0.15, 0.2) is 0 Å².